The number of sulfonamides is 1. The zero-order valence-electron chi connectivity index (χ0n) is 16.9. The molecule has 2 aromatic carbocycles. The van der Waals surface area contributed by atoms with Gasteiger partial charge in [-0.05, 0) is 29.8 Å². The Kier molecular flexibility index (Phi) is 6.43. The number of nitrogens with one attached hydrogen (secondary N) is 1. The van der Waals surface area contributed by atoms with E-state index < -0.39 is 10.0 Å². The molecule has 0 radical (unpaired) electrons. The van der Waals surface area contributed by atoms with E-state index in [0.717, 1.165) is 24.4 Å². The van der Waals surface area contributed by atoms with Crippen molar-refractivity contribution >= 4 is 10.0 Å². The second-order valence-electron chi connectivity index (χ2n) is 7.10. The first-order chi connectivity index (χ1) is 14.6. The summed E-state index contributed by atoms with van der Waals surface area (Å²) in [5.74, 6) is 1.74. The van der Waals surface area contributed by atoms with Crippen LogP contribution in [0.2, 0.25) is 0 Å². The quantitative estimate of drug-likeness (QED) is 0.711. The van der Waals surface area contributed by atoms with E-state index >= 15 is 0 Å². The fourth-order valence-electron chi connectivity index (χ4n) is 3.66. The maximum absolute atomic E-state index is 13.0. The van der Waals surface area contributed by atoms with Gasteiger partial charge >= 0.3 is 0 Å². The fraction of sp³-hybridized carbons (Fsp3) is 0.429. The maximum Gasteiger partial charge on any atom is 0.240 e. The number of hydrogen-bond acceptors (Lipinski definition) is 7. The van der Waals surface area contributed by atoms with Crippen LogP contribution < -0.4 is 18.9 Å². The largest absolute Gasteiger partial charge is 0.497 e. The Hall–Kier alpha value is -2.33. The van der Waals surface area contributed by atoms with Crippen molar-refractivity contribution in [1.29, 1.82) is 0 Å². The third-order valence-corrected chi connectivity index (χ3v) is 6.68. The summed E-state index contributed by atoms with van der Waals surface area (Å²) in [5.41, 5.74) is 0.987. The first-order valence-corrected chi connectivity index (χ1v) is 11.4. The van der Waals surface area contributed by atoms with E-state index in [1.165, 1.54) is 12.1 Å². The number of nitrogens with zero attached hydrogens (tertiary/aromatic N) is 1. The van der Waals surface area contributed by atoms with Gasteiger partial charge in [0.25, 0.3) is 0 Å². The van der Waals surface area contributed by atoms with Crippen LogP contribution in [0.4, 0.5) is 0 Å². The summed E-state index contributed by atoms with van der Waals surface area (Å²) in [6.07, 6.45) is 0. The standard InChI is InChI=1S/C21H26N2O6S/c1-26-17-4-2-3-16(13-17)19(23-7-9-27-10-8-23)15-22-30(24,25)18-5-6-20-21(14-18)29-12-11-28-20/h2-6,13-14,19,22H,7-12,15H2,1H3/t19-/m0/s1. The number of fused-ring (bicyclic) bond motifs is 1. The van der Waals surface area contributed by atoms with Gasteiger partial charge in [-0.15, -0.1) is 0 Å². The minimum Gasteiger partial charge on any atom is -0.497 e. The van der Waals surface area contributed by atoms with Crippen LogP contribution in [0.1, 0.15) is 11.6 Å². The molecule has 0 amide bonds. The molecule has 1 atom stereocenters. The molecule has 0 saturated carbocycles. The number of ether oxygens (including phenoxy) is 4. The van der Waals surface area contributed by atoms with Gasteiger partial charge in [0.1, 0.15) is 19.0 Å². The molecule has 30 heavy (non-hydrogen) atoms. The Morgan fingerprint density at radius 1 is 1.03 bits per heavy atom. The van der Waals surface area contributed by atoms with E-state index in [1.54, 1.807) is 13.2 Å². The van der Waals surface area contributed by atoms with Gasteiger partial charge in [0.2, 0.25) is 10.0 Å². The normalized spacial score (nSPS) is 18.0. The molecule has 0 unspecified atom stereocenters. The Morgan fingerprint density at radius 3 is 2.57 bits per heavy atom. The molecule has 0 aliphatic carbocycles. The van der Waals surface area contributed by atoms with Gasteiger partial charge in [0, 0.05) is 31.7 Å². The van der Waals surface area contributed by atoms with Crippen molar-refractivity contribution in [3.05, 3.63) is 48.0 Å². The molecular weight excluding hydrogens is 408 g/mol. The van der Waals surface area contributed by atoms with Crippen LogP contribution in [0, 0.1) is 0 Å². The van der Waals surface area contributed by atoms with Crippen molar-refractivity contribution in [2.24, 2.45) is 0 Å². The Balaban J connectivity index is 1.55. The average Bonchev–Trinajstić information content (AvgIpc) is 2.79. The molecule has 0 aromatic heterocycles. The van der Waals surface area contributed by atoms with Crippen molar-refractivity contribution in [2.45, 2.75) is 10.9 Å². The van der Waals surface area contributed by atoms with Crippen molar-refractivity contribution in [3.8, 4) is 17.2 Å². The van der Waals surface area contributed by atoms with E-state index in [2.05, 4.69) is 9.62 Å². The van der Waals surface area contributed by atoms with E-state index in [4.69, 9.17) is 18.9 Å². The lowest BCUT2D eigenvalue weighted by Crippen LogP contribution is -2.43. The van der Waals surface area contributed by atoms with Gasteiger partial charge in [0.05, 0.1) is 25.2 Å². The molecule has 0 bridgehead atoms. The summed E-state index contributed by atoms with van der Waals surface area (Å²) >= 11 is 0. The molecule has 1 fully saturated rings. The van der Waals surface area contributed by atoms with Crippen molar-refractivity contribution < 1.29 is 27.4 Å². The molecular formula is C21H26N2O6S. The monoisotopic (exact) mass is 434 g/mol. The van der Waals surface area contributed by atoms with E-state index in [1.807, 2.05) is 24.3 Å². The molecule has 4 rings (SSSR count). The van der Waals surface area contributed by atoms with Crippen LogP contribution in [-0.2, 0) is 14.8 Å². The smallest absolute Gasteiger partial charge is 0.240 e. The summed E-state index contributed by atoms with van der Waals surface area (Å²) in [5, 5.41) is 0. The van der Waals surface area contributed by atoms with E-state index in [9.17, 15) is 8.42 Å². The summed E-state index contributed by atoms with van der Waals surface area (Å²) in [4.78, 5) is 2.38. The highest BCUT2D eigenvalue weighted by Gasteiger charge is 2.26. The lowest BCUT2D eigenvalue weighted by Gasteiger charge is -2.35. The van der Waals surface area contributed by atoms with E-state index in [-0.39, 0.29) is 17.5 Å². The van der Waals surface area contributed by atoms with Gasteiger partial charge in [-0.25, -0.2) is 13.1 Å². The van der Waals surface area contributed by atoms with Gasteiger partial charge in [-0.2, -0.15) is 0 Å². The lowest BCUT2D eigenvalue weighted by molar-refractivity contribution is 0.0171. The predicted molar refractivity (Wildman–Crippen MR) is 111 cm³/mol. The lowest BCUT2D eigenvalue weighted by atomic mass is 10.0. The van der Waals surface area contributed by atoms with E-state index in [0.29, 0.717) is 37.9 Å². The zero-order chi connectivity index (χ0) is 21.0. The molecule has 2 aromatic rings. The Morgan fingerprint density at radius 2 is 1.80 bits per heavy atom. The molecule has 2 aliphatic rings. The molecule has 162 valence electrons. The number of methoxy groups -OCH3 is 1. The fourth-order valence-corrected chi connectivity index (χ4v) is 4.71. The van der Waals surface area contributed by atoms with Crippen molar-refractivity contribution in [3.63, 3.8) is 0 Å². The number of hydrogen-bond donors (Lipinski definition) is 1. The zero-order valence-corrected chi connectivity index (χ0v) is 17.7. The molecule has 1 saturated heterocycles. The van der Waals surface area contributed by atoms with Crippen LogP contribution in [0.3, 0.4) is 0 Å². The molecule has 0 spiro atoms. The summed E-state index contributed by atoms with van der Waals surface area (Å²) < 4.78 is 50.6. The van der Waals surface area contributed by atoms with Gasteiger partial charge in [-0.1, -0.05) is 12.1 Å². The van der Waals surface area contributed by atoms with Crippen LogP contribution >= 0.6 is 0 Å². The van der Waals surface area contributed by atoms with Crippen molar-refractivity contribution in [1.82, 2.24) is 9.62 Å². The summed E-state index contributed by atoms with van der Waals surface area (Å²) in [6.45, 7) is 3.79. The van der Waals surface area contributed by atoms with Crippen LogP contribution in [0.25, 0.3) is 0 Å². The molecule has 2 heterocycles. The van der Waals surface area contributed by atoms with Crippen molar-refractivity contribution in [2.75, 3.05) is 53.2 Å². The topological polar surface area (TPSA) is 86.3 Å². The maximum atomic E-state index is 13.0. The second-order valence-corrected chi connectivity index (χ2v) is 8.87. The highest BCUT2D eigenvalue weighted by Crippen LogP contribution is 2.32. The van der Waals surface area contributed by atoms with Crippen LogP contribution in [0.5, 0.6) is 17.2 Å². The van der Waals surface area contributed by atoms with Crippen LogP contribution in [0.15, 0.2) is 47.4 Å². The predicted octanol–water partition coefficient (Wildman–Crippen LogP) is 1.82. The summed E-state index contributed by atoms with van der Waals surface area (Å²) in [6, 6.07) is 12.2. The number of rotatable bonds is 7. The Labute approximate surface area is 176 Å². The SMILES string of the molecule is COc1cccc([C@H](CNS(=O)(=O)c2ccc3c(c2)OCCO3)N2CCOCC2)c1. The highest BCUT2D eigenvalue weighted by molar-refractivity contribution is 7.89. The van der Waals surface area contributed by atoms with Gasteiger partial charge < -0.3 is 18.9 Å². The molecule has 8 nitrogen and oxygen atoms in total. The highest BCUT2D eigenvalue weighted by atomic mass is 32.2. The third-order valence-electron chi connectivity index (χ3n) is 5.26. The Bertz CT molecular complexity index is 975. The second kappa shape index (κ2) is 9.22. The average molecular weight is 435 g/mol. The number of morpholine rings is 1. The minimum absolute atomic E-state index is 0.143. The molecule has 2 aliphatic heterocycles. The van der Waals surface area contributed by atoms with Gasteiger partial charge in [-0.3, -0.25) is 4.90 Å². The third kappa shape index (κ3) is 4.70. The first kappa shape index (κ1) is 20.9. The summed E-state index contributed by atoms with van der Waals surface area (Å²) in [7, 11) is -2.11. The number of benzene rings is 2. The van der Waals surface area contributed by atoms with Crippen LogP contribution in [-0.4, -0.2) is 66.5 Å². The molecule has 1 N–H and O–H groups in total. The first-order valence-electron chi connectivity index (χ1n) is 9.92. The minimum atomic E-state index is -3.73. The molecule has 9 heteroatoms. The van der Waals surface area contributed by atoms with Gasteiger partial charge in [0.15, 0.2) is 11.5 Å².